The van der Waals surface area contributed by atoms with Crippen LogP contribution in [0.5, 0.6) is 0 Å². The lowest BCUT2D eigenvalue weighted by atomic mass is 10.1. The molecule has 0 unspecified atom stereocenters. The van der Waals surface area contributed by atoms with Crippen molar-refractivity contribution in [1.82, 2.24) is 14.8 Å². The first-order valence-corrected chi connectivity index (χ1v) is 9.28. The molecule has 1 fully saturated rings. The van der Waals surface area contributed by atoms with E-state index in [2.05, 4.69) is 5.32 Å². The van der Waals surface area contributed by atoms with Gasteiger partial charge in [0.2, 0.25) is 5.91 Å². The quantitative estimate of drug-likeness (QED) is 0.562. The summed E-state index contributed by atoms with van der Waals surface area (Å²) in [6.45, 7) is 4.36. The molecular weight excluding hydrogens is 362 g/mol. The van der Waals surface area contributed by atoms with Gasteiger partial charge in [-0.25, -0.2) is 0 Å². The summed E-state index contributed by atoms with van der Waals surface area (Å²) in [4.78, 5) is 39.4. The number of fused-ring (bicyclic) bond motifs is 1. The first kappa shape index (κ1) is 20.0. The van der Waals surface area contributed by atoms with Gasteiger partial charge in [0.15, 0.2) is 0 Å². The van der Waals surface area contributed by atoms with Gasteiger partial charge in [-0.1, -0.05) is 18.2 Å². The molecule has 1 aliphatic heterocycles. The number of carbonyl (C=O) groups is 3. The number of benzene rings is 1. The fourth-order valence-corrected chi connectivity index (χ4v) is 3.32. The number of hydrogen-bond acceptors (Lipinski definition) is 5. The predicted octanol–water partition coefficient (Wildman–Crippen LogP) is 0.834. The third kappa shape index (κ3) is 4.40. The molecule has 1 saturated heterocycles. The molecule has 0 spiro atoms. The van der Waals surface area contributed by atoms with E-state index in [4.69, 9.17) is 9.47 Å². The number of morpholine rings is 1. The van der Waals surface area contributed by atoms with Crippen molar-refractivity contribution in [2.24, 2.45) is 0 Å². The summed E-state index contributed by atoms with van der Waals surface area (Å²) in [5.41, 5.74) is 1.03. The van der Waals surface area contributed by atoms with Gasteiger partial charge in [0.25, 0.3) is 11.7 Å². The van der Waals surface area contributed by atoms with Gasteiger partial charge in [-0.3, -0.25) is 14.4 Å². The Bertz CT molecular complexity index is 870. The Kier molecular flexibility index (Phi) is 6.43. The number of carbonyl (C=O) groups excluding carboxylic acids is 3. The second-order valence-electron chi connectivity index (χ2n) is 6.84. The minimum Gasteiger partial charge on any atom is -0.383 e. The third-order valence-electron chi connectivity index (χ3n) is 4.70. The zero-order valence-corrected chi connectivity index (χ0v) is 16.1. The van der Waals surface area contributed by atoms with Crippen LogP contribution in [0.2, 0.25) is 0 Å². The van der Waals surface area contributed by atoms with Gasteiger partial charge in [-0.05, 0) is 13.0 Å². The van der Waals surface area contributed by atoms with Gasteiger partial charge in [0.1, 0.15) is 6.54 Å². The Labute approximate surface area is 163 Å². The van der Waals surface area contributed by atoms with E-state index in [1.54, 1.807) is 34.7 Å². The average Bonchev–Trinajstić information content (AvgIpc) is 3.06. The summed E-state index contributed by atoms with van der Waals surface area (Å²) in [5, 5.41) is 3.28. The average molecular weight is 387 g/mol. The summed E-state index contributed by atoms with van der Waals surface area (Å²) in [5.74, 6) is -1.36. The summed E-state index contributed by atoms with van der Waals surface area (Å²) in [6.07, 6.45) is 1.59. The van der Waals surface area contributed by atoms with E-state index in [0.29, 0.717) is 38.3 Å². The number of nitrogens with one attached hydrogen (secondary N) is 1. The molecule has 3 rings (SSSR count). The molecule has 150 valence electrons. The van der Waals surface area contributed by atoms with E-state index in [9.17, 15) is 14.4 Å². The van der Waals surface area contributed by atoms with Gasteiger partial charge < -0.3 is 24.3 Å². The Morgan fingerprint density at radius 3 is 2.64 bits per heavy atom. The maximum absolute atomic E-state index is 12.7. The molecule has 8 nitrogen and oxygen atoms in total. The van der Waals surface area contributed by atoms with Crippen molar-refractivity contribution < 1.29 is 23.9 Å². The van der Waals surface area contributed by atoms with Gasteiger partial charge in [-0.2, -0.15) is 0 Å². The third-order valence-corrected chi connectivity index (χ3v) is 4.70. The van der Waals surface area contributed by atoms with Crippen LogP contribution in [-0.4, -0.2) is 73.1 Å². The van der Waals surface area contributed by atoms with Gasteiger partial charge in [0.05, 0.1) is 25.4 Å². The van der Waals surface area contributed by atoms with Gasteiger partial charge >= 0.3 is 0 Å². The Hall–Kier alpha value is -2.71. The maximum atomic E-state index is 12.7. The fourth-order valence-electron chi connectivity index (χ4n) is 3.32. The second-order valence-corrected chi connectivity index (χ2v) is 6.84. The number of aromatic nitrogens is 1. The lowest BCUT2D eigenvalue weighted by Crippen LogP contribution is -2.42. The minimum atomic E-state index is -0.688. The topological polar surface area (TPSA) is 89.9 Å². The van der Waals surface area contributed by atoms with E-state index in [0.717, 1.165) is 5.52 Å². The highest BCUT2D eigenvalue weighted by Crippen LogP contribution is 2.22. The molecule has 0 aliphatic carbocycles. The number of ether oxygens (including phenoxy) is 2. The smallest absolute Gasteiger partial charge is 0.292 e. The van der Waals surface area contributed by atoms with Crippen LogP contribution in [0.1, 0.15) is 17.3 Å². The summed E-state index contributed by atoms with van der Waals surface area (Å²) in [6, 6.07) is 6.98. The molecule has 0 bridgehead atoms. The van der Waals surface area contributed by atoms with Crippen LogP contribution in [0.3, 0.4) is 0 Å². The molecule has 2 aromatic rings. The fraction of sp³-hybridized carbons (Fsp3) is 0.450. The number of methoxy groups -OCH3 is 1. The molecule has 0 radical (unpaired) electrons. The van der Waals surface area contributed by atoms with Crippen LogP contribution in [0, 0.1) is 0 Å². The molecule has 2 amide bonds. The molecule has 2 heterocycles. The summed E-state index contributed by atoms with van der Waals surface area (Å²) in [7, 11) is 1.53. The molecule has 1 aromatic heterocycles. The SMILES string of the molecule is COC[C@@H](C)NC(=O)C(=O)c1cn(CC(=O)N2CCOCC2)c2ccccc12. The second kappa shape index (κ2) is 8.99. The Morgan fingerprint density at radius 2 is 1.93 bits per heavy atom. The van der Waals surface area contributed by atoms with Gasteiger partial charge in [0, 0.05) is 43.3 Å². The van der Waals surface area contributed by atoms with Crippen molar-refractivity contribution >= 4 is 28.5 Å². The molecule has 8 heteroatoms. The number of Topliss-reactive ketones (excluding diaryl/α,β-unsaturated/α-hetero) is 1. The summed E-state index contributed by atoms with van der Waals surface area (Å²) < 4.78 is 12.0. The van der Waals surface area contributed by atoms with E-state index < -0.39 is 11.7 Å². The van der Waals surface area contributed by atoms with Crippen LogP contribution in [0.4, 0.5) is 0 Å². The molecule has 1 aliphatic rings. The predicted molar refractivity (Wildman–Crippen MR) is 103 cm³/mol. The Morgan fingerprint density at radius 1 is 1.21 bits per heavy atom. The van der Waals surface area contributed by atoms with E-state index in [1.165, 1.54) is 7.11 Å². The van der Waals surface area contributed by atoms with Crippen LogP contribution in [-0.2, 0) is 25.6 Å². The normalized spacial score (nSPS) is 15.4. The number of nitrogens with zero attached hydrogens (tertiary/aromatic N) is 2. The van der Waals surface area contributed by atoms with E-state index in [1.807, 2.05) is 12.1 Å². The monoisotopic (exact) mass is 387 g/mol. The highest BCUT2D eigenvalue weighted by molar-refractivity contribution is 6.45. The van der Waals surface area contributed by atoms with Crippen molar-refractivity contribution in [3.8, 4) is 0 Å². The molecular formula is C20H25N3O5. The highest BCUT2D eigenvalue weighted by Gasteiger charge is 2.24. The number of hydrogen-bond donors (Lipinski definition) is 1. The first-order chi connectivity index (χ1) is 13.5. The molecule has 1 N–H and O–H groups in total. The zero-order valence-electron chi connectivity index (χ0n) is 16.1. The molecule has 1 aromatic carbocycles. The first-order valence-electron chi connectivity index (χ1n) is 9.28. The van der Waals surface area contributed by atoms with Crippen molar-refractivity contribution in [1.29, 1.82) is 0 Å². The maximum Gasteiger partial charge on any atom is 0.292 e. The van der Waals surface area contributed by atoms with Crippen molar-refractivity contribution in [2.75, 3.05) is 40.0 Å². The standard InChI is InChI=1S/C20H25N3O5/c1-14(13-27-2)21-20(26)19(25)16-11-23(17-6-4-3-5-15(16)17)12-18(24)22-7-9-28-10-8-22/h3-6,11,14H,7-10,12-13H2,1-2H3,(H,21,26)/t14-/m1/s1. The number of amides is 2. The van der Waals surface area contributed by atoms with Crippen LogP contribution in [0.25, 0.3) is 10.9 Å². The lowest BCUT2D eigenvalue weighted by Gasteiger charge is -2.27. The number of para-hydroxylation sites is 1. The molecule has 28 heavy (non-hydrogen) atoms. The van der Waals surface area contributed by atoms with E-state index in [-0.39, 0.29) is 24.1 Å². The van der Waals surface area contributed by atoms with Crippen LogP contribution < -0.4 is 5.32 Å². The Balaban J connectivity index is 1.83. The summed E-state index contributed by atoms with van der Waals surface area (Å²) >= 11 is 0. The van der Waals surface area contributed by atoms with Gasteiger partial charge in [-0.15, -0.1) is 0 Å². The minimum absolute atomic E-state index is 0.0405. The van der Waals surface area contributed by atoms with Crippen LogP contribution >= 0.6 is 0 Å². The zero-order chi connectivity index (χ0) is 20.1. The van der Waals surface area contributed by atoms with E-state index >= 15 is 0 Å². The molecule has 0 saturated carbocycles. The molecule has 1 atom stereocenters. The largest absolute Gasteiger partial charge is 0.383 e. The van der Waals surface area contributed by atoms with Crippen LogP contribution in [0.15, 0.2) is 30.5 Å². The van der Waals surface area contributed by atoms with Crippen molar-refractivity contribution in [3.63, 3.8) is 0 Å². The van der Waals surface area contributed by atoms with Crippen molar-refractivity contribution in [3.05, 3.63) is 36.0 Å². The lowest BCUT2D eigenvalue weighted by molar-refractivity contribution is -0.135. The van der Waals surface area contributed by atoms with Crippen molar-refractivity contribution in [2.45, 2.75) is 19.5 Å². The number of ketones is 1. The highest BCUT2D eigenvalue weighted by atomic mass is 16.5. The number of rotatable bonds is 7.